The minimum Gasteiger partial charge on any atom is -0.487 e. The van der Waals surface area contributed by atoms with E-state index >= 15 is 0 Å². The predicted molar refractivity (Wildman–Crippen MR) is 126 cm³/mol. The molecule has 0 atom stereocenters. The number of carboxylic acids is 1. The van der Waals surface area contributed by atoms with Crippen molar-refractivity contribution in [2.24, 2.45) is 0 Å². The zero-order valence-corrected chi connectivity index (χ0v) is 19.5. The SMILES string of the molecule is Cc1ccc(NS(=O)(=O)c2ccccc2CC(C)(C)O)c(OCc2ccc(C(=O)O)cc2)c1. The minimum atomic E-state index is -3.96. The zero-order valence-electron chi connectivity index (χ0n) is 18.7. The third-order valence-electron chi connectivity index (χ3n) is 4.86. The van der Waals surface area contributed by atoms with Crippen molar-refractivity contribution in [2.45, 2.75) is 44.3 Å². The van der Waals surface area contributed by atoms with Gasteiger partial charge in [0.25, 0.3) is 10.0 Å². The summed E-state index contributed by atoms with van der Waals surface area (Å²) in [5.41, 5.74) is 1.52. The minimum absolute atomic E-state index is 0.0860. The summed E-state index contributed by atoms with van der Waals surface area (Å²) in [6, 6.07) is 18.0. The number of sulfonamides is 1. The van der Waals surface area contributed by atoms with Crippen molar-refractivity contribution in [1.29, 1.82) is 0 Å². The van der Waals surface area contributed by atoms with Crippen LogP contribution in [-0.2, 0) is 23.1 Å². The molecule has 0 fully saturated rings. The fraction of sp³-hybridized carbons (Fsp3) is 0.240. The molecule has 33 heavy (non-hydrogen) atoms. The Morgan fingerprint density at radius 2 is 1.70 bits per heavy atom. The number of aliphatic hydroxyl groups is 1. The average Bonchev–Trinajstić information content (AvgIpc) is 2.73. The van der Waals surface area contributed by atoms with E-state index in [0.717, 1.165) is 11.1 Å². The molecule has 174 valence electrons. The van der Waals surface area contributed by atoms with Crippen molar-refractivity contribution in [3.05, 3.63) is 89.0 Å². The van der Waals surface area contributed by atoms with Crippen LogP contribution in [0.1, 0.15) is 40.9 Å². The Kier molecular flexibility index (Phi) is 7.09. The number of rotatable bonds is 9. The first kappa shape index (κ1) is 24.3. The normalized spacial score (nSPS) is 11.8. The molecule has 3 N–H and O–H groups in total. The fourth-order valence-corrected chi connectivity index (χ4v) is 4.63. The van der Waals surface area contributed by atoms with E-state index in [1.54, 1.807) is 62.4 Å². The Morgan fingerprint density at radius 3 is 2.33 bits per heavy atom. The van der Waals surface area contributed by atoms with Crippen molar-refractivity contribution in [3.8, 4) is 5.75 Å². The molecule has 8 heteroatoms. The van der Waals surface area contributed by atoms with Crippen molar-refractivity contribution in [1.82, 2.24) is 0 Å². The number of hydrogen-bond donors (Lipinski definition) is 3. The van der Waals surface area contributed by atoms with E-state index in [0.29, 0.717) is 11.3 Å². The molecule has 0 unspecified atom stereocenters. The highest BCUT2D eigenvalue weighted by Crippen LogP contribution is 2.30. The van der Waals surface area contributed by atoms with Crippen LogP contribution in [0.4, 0.5) is 5.69 Å². The lowest BCUT2D eigenvalue weighted by molar-refractivity contribution is 0.0696. The molecule has 3 rings (SSSR count). The number of carbonyl (C=O) groups is 1. The van der Waals surface area contributed by atoms with Gasteiger partial charge in [-0.2, -0.15) is 0 Å². The van der Waals surface area contributed by atoms with Gasteiger partial charge in [-0.25, -0.2) is 13.2 Å². The molecule has 3 aromatic carbocycles. The largest absolute Gasteiger partial charge is 0.487 e. The van der Waals surface area contributed by atoms with Gasteiger partial charge in [0.2, 0.25) is 0 Å². The number of anilines is 1. The molecule has 3 aromatic rings. The molecule has 0 aliphatic rings. The predicted octanol–water partition coefficient (Wildman–Crippen LogP) is 4.39. The van der Waals surface area contributed by atoms with E-state index in [9.17, 15) is 18.3 Å². The number of nitrogens with one attached hydrogen (secondary N) is 1. The van der Waals surface area contributed by atoms with E-state index in [1.165, 1.54) is 18.2 Å². The first-order valence-electron chi connectivity index (χ1n) is 10.3. The molecule has 0 heterocycles. The molecular formula is C25H27NO6S. The van der Waals surface area contributed by atoms with Crippen LogP contribution >= 0.6 is 0 Å². The second-order valence-corrected chi connectivity index (χ2v) is 10.1. The number of benzene rings is 3. The van der Waals surface area contributed by atoms with E-state index in [4.69, 9.17) is 9.84 Å². The van der Waals surface area contributed by atoms with Crippen LogP contribution in [-0.4, -0.2) is 30.2 Å². The van der Waals surface area contributed by atoms with Crippen LogP contribution < -0.4 is 9.46 Å². The van der Waals surface area contributed by atoms with Crippen molar-refractivity contribution >= 4 is 21.7 Å². The molecule has 0 saturated carbocycles. The Morgan fingerprint density at radius 1 is 1.03 bits per heavy atom. The number of aryl methyl sites for hydroxylation is 1. The van der Waals surface area contributed by atoms with Crippen LogP contribution in [0.15, 0.2) is 71.6 Å². The van der Waals surface area contributed by atoms with Gasteiger partial charge in [-0.15, -0.1) is 0 Å². The number of hydrogen-bond acceptors (Lipinski definition) is 5. The number of carboxylic acid groups (broad SMARTS) is 1. The van der Waals surface area contributed by atoms with Gasteiger partial charge in [0.15, 0.2) is 0 Å². The highest BCUT2D eigenvalue weighted by molar-refractivity contribution is 7.92. The average molecular weight is 470 g/mol. The van der Waals surface area contributed by atoms with Crippen LogP contribution in [0.2, 0.25) is 0 Å². The summed E-state index contributed by atoms with van der Waals surface area (Å²) in [6.45, 7) is 5.25. The van der Waals surface area contributed by atoms with Gasteiger partial charge in [0, 0.05) is 6.42 Å². The maximum atomic E-state index is 13.2. The van der Waals surface area contributed by atoms with E-state index in [2.05, 4.69) is 4.72 Å². The van der Waals surface area contributed by atoms with Crippen LogP contribution in [0.25, 0.3) is 0 Å². The summed E-state index contributed by atoms with van der Waals surface area (Å²) in [7, 11) is -3.96. The van der Waals surface area contributed by atoms with Gasteiger partial charge in [0.1, 0.15) is 12.4 Å². The van der Waals surface area contributed by atoms with Crippen molar-refractivity contribution in [2.75, 3.05) is 4.72 Å². The third kappa shape index (κ3) is 6.57. The quantitative estimate of drug-likeness (QED) is 0.429. The Labute approximate surface area is 193 Å². The molecule has 0 aromatic heterocycles. The smallest absolute Gasteiger partial charge is 0.335 e. The monoisotopic (exact) mass is 469 g/mol. The molecule has 0 radical (unpaired) electrons. The second kappa shape index (κ2) is 9.64. The maximum absolute atomic E-state index is 13.2. The van der Waals surface area contributed by atoms with Gasteiger partial charge in [-0.05, 0) is 67.8 Å². The summed E-state index contributed by atoms with van der Waals surface area (Å²) in [5, 5.41) is 19.2. The number of ether oxygens (including phenoxy) is 1. The van der Waals surface area contributed by atoms with Crippen molar-refractivity contribution < 1.29 is 28.2 Å². The Hall–Kier alpha value is -3.36. The van der Waals surface area contributed by atoms with Gasteiger partial charge < -0.3 is 14.9 Å². The zero-order chi connectivity index (χ0) is 24.2. The summed E-state index contributed by atoms with van der Waals surface area (Å²) in [5.74, 6) is -0.663. The Bertz CT molecular complexity index is 1240. The van der Waals surface area contributed by atoms with Crippen molar-refractivity contribution in [3.63, 3.8) is 0 Å². The first-order chi connectivity index (χ1) is 15.4. The van der Waals surface area contributed by atoms with Gasteiger partial charge in [-0.1, -0.05) is 36.4 Å². The summed E-state index contributed by atoms with van der Waals surface area (Å²) < 4.78 is 34.9. The van der Waals surface area contributed by atoms with Gasteiger partial charge in [0.05, 0.1) is 21.7 Å². The first-order valence-corrected chi connectivity index (χ1v) is 11.8. The second-order valence-electron chi connectivity index (χ2n) is 8.49. The highest BCUT2D eigenvalue weighted by Gasteiger charge is 2.23. The van der Waals surface area contributed by atoms with Gasteiger partial charge >= 0.3 is 5.97 Å². The molecular weight excluding hydrogens is 442 g/mol. The number of aromatic carboxylic acids is 1. The van der Waals surface area contributed by atoms with E-state index < -0.39 is 21.6 Å². The molecule has 7 nitrogen and oxygen atoms in total. The Balaban J connectivity index is 1.85. The highest BCUT2D eigenvalue weighted by atomic mass is 32.2. The molecule has 0 bridgehead atoms. The lowest BCUT2D eigenvalue weighted by atomic mass is 9.99. The lowest BCUT2D eigenvalue weighted by Crippen LogP contribution is -2.24. The lowest BCUT2D eigenvalue weighted by Gasteiger charge is -2.20. The molecule has 0 aliphatic heterocycles. The summed E-state index contributed by atoms with van der Waals surface area (Å²) in [4.78, 5) is 11.1. The molecule has 0 amide bonds. The topological polar surface area (TPSA) is 113 Å². The van der Waals surface area contributed by atoms with Crippen LogP contribution in [0.5, 0.6) is 5.75 Å². The van der Waals surface area contributed by atoms with E-state index in [-0.39, 0.29) is 29.2 Å². The molecule has 0 saturated heterocycles. The molecule has 0 spiro atoms. The van der Waals surface area contributed by atoms with E-state index in [1.807, 2.05) is 6.92 Å². The van der Waals surface area contributed by atoms with Crippen LogP contribution in [0, 0.1) is 6.92 Å². The molecule has 0 aliphatic carbocycles. The standard InChI is InChI=1S/C25H27NO6S/c1-17-8-13-21(22(14-17)32-16-18-9-11-19(12-10-18)24(27)28)26-33(30,31)23-7-5-4-6-20(23)15-25(2,3)29/h4-14,26,29H,15-16H2,1-3H3,(H,27,28). The van der Waals surface area contributed by atoms with Crippen LogP contribution in [0.3, 0.4) is 0 Å². The third-order valence-corrected chi connectivity index (χ3v) is 6.33. The summed E-state index contributed by atoms with van der Waals surface area (Å²) >= 11 is 0. The maximum Gasteiger partial charge on any atom is 0.335 e. The van der Waals surface area contributed by atoms with Gasteiger partial charge in [-0.3, -0.25) is 4.72 Å². The summed E-state index contributed by atoms with van der Waals surface area (Å²) in [6.07, 6.45) is 0.174. The fourth-order valence-electron chi connectivity index (χ4n) is 3.32.